The minimum atomic E-state index is 0.657. The van der Waals surface area contributed by atoms with Crippen LogP contribution in [-0.4, -0.2) is 0 Å². The summed E-state index contributed by atoms with van der Waals surface area (Å²) in [5.41, 5.74) is 1.31. The summed E-state index contributed by atoms with van der Waals surface area (Å²) < 4.78 is 0. The van der Waals surface area contributed by atoms with Crippen molar-refractivity contribution in [2.75, 3.05) is 0 Å². The predicted molar refractivity (Wildman–Crippen MR) is 117 cm³/mol. The molecule has 0 unspecified atom stereocenters. The quantitative estimate of drug-likeness (QED) is 0.215. The molecule has 0 nitrogen and oxygen atoms in total. The molecule has 0 spiro atoms. The van der Waals surface area contributed by atoms with Crippen LogP contribution in [0, 0.1) is 10.8 Å². The van der Waals surface area contributed by atoms with E-state index in [2.05, 4.69) is 41.5 Å². The molecule has 0 heteroatoms. The highest BCUT2D eigenvalue weighted by Crippen LogP contribution is 2.37. The Kier molecular flexibility index (Phi) is 15.1. The van der Waals surface area contributed by atoms with Gasteiger partial charge in [-0.2, -0.15) is 0 Å². The summed E-state index contributed by atoms with van der Waals surface area (Å²) in [7, 11) is 0. The second-order valence-electron chi connectivity index (χ2n) is 8.80. The first-order valence-corrected chi connectivity index (χ1v) is 12.1. The number of rotatable bonds is 18. The molecule has 0 atom stereocenters. The van der Waals surface area contributed by atoms with Crippen molar-refractivity contribution < 1.29 is 0 Å². The molecule has 152 valence electrons. The summed E-state index contributed by atoms with van der Waals surface area (Å²) in [5.74, 6) is 0. The van der Waals surface area contributed by atoms with Gasteiger partial charge in [0.2, 0.25) is 0 Å². The van der Waals surface area contributed by atoms with E-state index in [9.17, 15) is 0 Å². The van der Waals surface area contributed by atoms with Crippen molar-refractivity contribution >= 4 is 0 Å². The third-order valence-electron chi connectivity index (χ3n) is 7.91. The van der Waals surface area contributed by atoms with Gasteiger partial charge in [0.25, 0.3) is 0 Å². The van der Waals surface area contributed by atoms with Gasteiger partial charge in [-0.3, -0.25) is 0 Å². The first kappa shape index (κ1) is 25.0. The van der Waals surface area contributed by atoms with Gasteiger partial charge < -0.3 is 0 Å². The molecule has 0 aromatic rings. The number of unbranched alkanes of at least 4 members (excludes halogenated alkanes) is 8. The molecule has 0 aliphatic heterocycles. The Hall–Kier alpha value is 0. The number of hydrogen-bond acceptors (Lipinski definition) is 0. The van der Waals surface area contributed by atoms with Crippen LogP contribution in [0.5, 0.6) is 0 Å². The summed E-state index contributed by atoms with van der Waals surface area (Å²) in [4.78, 5) is 0. The predicted octanol–water partition coefficient (Wildman–Crippen LogP) is 9.71. The summed E-state index contributed by atoms with van der Waals surface area (Å²) in [5, 5.41) is 0. The zero-order chi connectivity index (χ0) is 19.0. The van der Waals surface area contributed by atoms with Crippen LogP contribution in [0.3, 0.4) is 0 Å². The van der Waals surface area contributed by atoms with Crippen molar-refractivity contribution in [3.63, 3.8) is 0 Å². The van der Waals surface area contributed by atoms with E-state index in [0.29, 0.717) is 10.8 Å². The van der Waals surface area contributed by atoms with Gasteiger partial charge in [-0.15, -0.1) is 0 Å². The Bertz CT molecular complexity index is 225. The number of hydrogen-bond donors (Lipinski definition) is 0. The Morgan fingerprint density at radius 3 is 0.720 bits per heavy atom. The first-order valence-electron chi connectivity index (χ1n) is 12.1. The van der Waals surface area contributed by atoms with E-state index in [1.54, 1.807) is 0 Å². The van der Waals surface area contributed by atoms with Crippen molar-refractivity contribution in [3.05, 3.63) is 0 Å². The van der Waals surface area contributed by atoms with Crippen molar-refractivity contribution in [2.45, 2.75) is 151 Å². The SMILES string of the molecule is CCC(CC)(CC)CCCCCCCCCCCC(CC)(CC)CC. The van der Waals surface area contributed by atoms with Crippen LogP contribution in [-0.2, 0) is 0 Å². The fourth-order valence-corrected chi connectivity index (χ4v) is 4.80. The largest absolute Gasteiger partial charge is 0.0649 e. The van der Waals surface area contributed by atoms with Crippen LogP contribution in [0.4, 0.5) is 0 Å². The van der Waals surface area contributed by atoms with Gasteiger partial charge in [-0.25, -0.2) is 0 Å². The molecule has 0 aromatic carbocycles. The smallest absolute Gasteiger partial charge is 0.0305 e. The lowest BCUT2D eigenvalue weighted by molar-refractivity contribution is 0.219. The molecular formula is C25H52. The molecule has 0 aliphatic rings. The van der Waals surface area contributed by atoms with Crippen LogP contribution in [0.1, 0.15) is 151 Å². The van der Waals surface area contributed by atoms with Crippen molar-refractivity contribution in [3.8, 4) is 0 Å². The van der Waals surface area contributed by atoms with Crippen LogP contribution in [0.15, 0.2) is 0 Å². The first-order chi connectivity index (χ1) is 12.1. The van der Waals surface area contributed by atoms with Gasteiger partial charge in [0.1, 0.15) is 0 Å². The van der Waals surface area contributed by atoms with E-state index in [1.807, 2.05) is 0 Å². The molecule has 0 saturated carbocycles. The van der Waals surface area contributed by atoms with Gasteiger partial charge in [-0.1, -0.05) is 138 Å². The van der Waals surface area contributed by atoms with Gasteiger partial charge in [-0.05, 0) is 23.7 Å². The molecule has 0 N–H and O–H groups in total. The normalized spacial score (nSPS) is 12.7. The fraction of sp³-hybridized carbons (Fsp3) is 1.00. The minimum absolute atomic E-state index is 0.657. The van der Waals surface area contributed by atoms with E-state index in [-0.39, 0.29) is 0 Å². The monoisotopic (exact) mass is 352 g/mol. The third-order valence-corrected chi connectivity index (χ3v) is 7.91. The Balaban J connectivity index is 3.54. The molecule has 0 fully saturated rings. The zero-order valence-corrected chi connectivity index (χ0v) is 19.0. The molecule has 0 rings (SSSR count). The maximum Gasteiger partial charge on any atom is -0.0305 e. The topological polar surface area (TPSA) is 0 Å². The van der Waals surface area contributed by atoms with Crippen LogP contribution in [0.25, 0.3) is 0 Å². The molecule has 0 radical (unpaired) electrons. The van der Waals surface area contributed by atoms with Crippen LogP contribution >= 0.6 is 0 Å². The summed E-state index contributed by atoms with van der Waals surface area (Å²) in [6.07, 6.45) is 24.4. The molecule has 0 aromatic heterocycles. The minimum Gasteiger partial charge on any atom is -0.0649 e. The third kappa shape index (κ3) is 10.0. The molecule has 0 heterocycles. The standard InChI is InChI=1S/C25H52/c1-7-24(8-2,9-3)22-20-18-16-14-13-15-17-19-21-23-25(10-4,11-5)12-6/h7-23H2,1-6H3. The summed E-state index contributed by atoms with van der Waals surface area (Å²) in [6.45, 7) is 14.3. The molecule has 25 heavy (non-hydrogen) atoms. The highest BCUT2D eigenvalue weighted by atomic mass is 14.3. The molecule has 0 saturated heterocycles. The summed E-state index contributed by atoms with van der Waals surface area (Å²) in [6, 6.07) is 0. The van der Waals surface area contributed by atoms with Crippen molar-refractivity contribution in [2.24, 2.45) is 10.8 Å². The second-order valence-corrected chi connectivity index (χ2v) is 8.80. The van der Waals surface area contributed by atoms with Gasteiger partial charge in [0.15, 0.2) is 0 Å². The zero-order valence-electron chi connectivity index (χ0n) is 19.0. The van der Waals surface area contributed by atoms with Gasteiger partial charge >= 0.3 is 0 Å². The molecule has 0 aliphatic carbocycles. The Labute approximate surface area is 161 Å². The highest BCUT2D eigenvalue weighted by Gasteiger charge is 2.23. The van der Waals surface area contributed by atoms with E-state index < -0.39 is 0 Å². The molecule has 0 bridgehead atoms. The fourth-order valence-electron chi connectivity index (χ4n) is 4.80. The lowest BCUT2D eigenvalue weighted by Gasteiger charge is -2.30. The van der Waals surface area contributed by atoms with Crippen LogP contribution in [0.2, 0.25) is 0 Å². The average molecular weight is 353 g/mol. The maximum absolute atomic E-state index is 2.39. The molecule has 0 amide bonds. The van der Waals surface area contributed by atoms with E-state index in [1.165, 1.54) is 109 Å². The summed E-state index contributed by atoms with van der Waals surface area (Å²) >= 11 is 0. The van der Waals surface area contributed by atoms with Crippen molar-refractivity contribution in [1.29, 1.82) is 0 Å². The van der Waals surface area contributed by atoms with Gasteiger partial charge in [0.05, 0.1) is 0 Å². The second kappa shape index (κ2) is 15.1. The average Bonchev–Trinajstić information content (AvgIpc) is 2.67. The Morgan fingerprint density at radius 2 is 0.520 bits per heavy atom. The maximum atomic E-state index is 2.39. The van der Waals surface area contributed by atoms with E-state index in [0.717, 1.165) is 0 Å². The van der Waals surface area contributed by atoms with Crippen LogP contribution < -0.4 is 0 Å². The van der Waals surface area contributed by atoms with E-state index >= 15 is 0 Å². The lowest BCUT2D eigenvalue weighted by atomic mass is 9.75. The molecular weight excluding hydrogens is 300 g/mol. The van der Waals surface area contributed by atoms with Crippen molar-refractivity contribution in [1.82, 2.24) is 0 Å². The lowest BCUT2D eigenvalue weighted by Crippen LogP contribution is -2.17. The van der Waals surface area contributed by atoms with Gasteiger partial charge in [0, 0.05) is 0 Å². The van der Waals surface area contributed by atoms with E-state index in [4.69, 9.17) is 0 Å². The highest BCUT2D eigenvalue weighted by molar-refractivity contribution is 4.75. The Morgan fingerprint density at radius 1 is 0.320 bits per heavy atom.